The first-order valence-electron chi connectivity index (χ1n) is 9.31. The van der Waals surface area contributed by atoms with Gasteiger partial charge in [0.25, 0.3) is 0 Å². The molecule has 4 fully saturated rings. The van der Waals surface area contributed by atoms with Gasteiger partial charge in [0.2, 0.25) is 5.91 Å². The summed E-state index contributed by atoms with van der Waals surface area (Å²) in [6, 6.07) is 0.376. The van der Waals surface area contributed by atoms with Crippen molar-refractivity contribution in [1.29, 1.82) is 0 Å². The van der Waals surface area contributed by atoms with Crippen LogP contribution in [0.1, 0.15) is 65.7 Å². The van der Waals surface area contributed by atoms with Crippen molar-refractivity contribution in [2.24, 2.45) is 34.5 Å². The summed E-state index contributed by atoms with van der Waals surface area (Å²) in [5, 5.41) is 13.6. The Hall–Kier alpha value is -0.570. The minimum Gasteiger partial charge on any atom is -0.393 e. The Morgan fingerprint density at radius 2 is 1.95 bits per heavy atom. The van der Waals surface area contributed by atoms with E-state index in [2.05, 4.69) is 26.1 Å². The molecule has 8 atom stereocenters. The summed E-state index contributed by atoms with van der Waals surface area (Å²) in [4.78, 5) is 11.9. The van der Waals surface area contributed by atoms with Gasteiger partial charge in [-0.15, -0.1) is 0 Å². The zero-order chi connectivity index (χ0) is 15.7. The average Bonchev–Trinajstić information content (AvgIpc) is 2.75. The number of piperidine rings is 1. The van der Waals surface area contributed by atoms with Crippen molar-refractivity contribution in [3.05, 3.63) is 0 Å². The molecule has 0 radical (unpaired) electrons. The zero-order valence-electron chi connectivity index (χ0n) is 14.3. The topological polar surface area (TPSA) is 49.3 Å². The second-order valence-electron chi connectivity index (χ2n) is 9.42. The number of carbonyl (C=O) groups is 1. The fourth-order valence-electron chi connectivity index (χ4n) is 7.07. The molecule has 0 bridgehead atoms. The Morgan fingerprint density at radius 3 is 2.73 bits per heavy atom. The van der Waals surface area contributed by atoms with Crippen LogP contribution in [0.2, 0.25) is 0 Å². The molecular weight excluding hydrogens is 274 g/mol. The van der Waals surface area contributed by atoms with Gasteiger partial charge in [-0.05, 0) is 73.0 Å². The van der Waals surface area contributed by atoms with Gasteiger partial charge in [-0.1, -0.05) is 20.8 Å². The highest BCUT2D eigenvalue weighted by molar-refractivity contribution is 5.77. The molecule has 4 rings (SSSR count). The van der Waals surface area contributed by atoms with E-state index >= 15 is 0 Å². The first-order chi connectivity index (χ1) is 10.3. The van der Waals surface area contributed by atoms with Crippen molar-refractivity contribution in [2.75, 3.05) is 0 Å². The molecule has 2 N–H and O–H groups in total. The minimum absolute atomic E-state index is 0.0856. The smallest absolute Gasteiger partial charge is 0.220 e. The molecule has 0 aromatic heterocycles. The molecule has 0 spiro atoms. The third kappa shape index (κ3) is 1.93. The third-order valence-corrected chi connectivity index (χ3v) is 8.21. The van der Waals surface area contributed by atoms with E-state index in [1.165, 1.54) is 12.8 Å². The van der Waals surface area contributed by atoms with Crippen LogP contribution in [0.4, 0.5) is 0 Å². The first kappa shape index (κ1) is 15.0. The van der Waals surface area contributed by atoms with E-state index in [4.69, 9.17) is 0 Å². The van der Waals surface area contributed by atoms with E-state index in [0.717, 1.165) is 37.5 Å². The SMILES string of the molecule is CC1C[C@H]2NC(=O)CC[C@]2(C)C2CC[C@]3(C)C[C@@H](O)CC3C12. The Labute approximate surface area is 134 Å². The highest BCUT2D eigenvalue weighted by Crippen LogP contribution is 2.65. The van der Waals surface area contributed by atoms with Crippen LogP contribution in [-0.4, -0.2) is 23.2 Å². The number of amides is 1. The molecule has 3 heteroatoms. The zero-order valence-corrected chi connectivity index (χ0v) is 14.3. The van der Waals surface area contributed by atoms with Crippen molar-refractivity contribution in [3.63, 3.8) is 0 Å². The van der Waals surface area contributed by atoms with E-state index in [-0.39, 0.29) is 17.4 Å². The van der Waals surface area contributed by atoms with Crippen LogP contribution in [0, 0.1) is 34.5 Å². The second-order valence-corrected chi connectivity index (χ2v) is 9.42. The number of aliphatic hydroxyl groups is 1. The van der Waals surface area contributed by atoms with Gasteiger partial charge in [0, 0.05) is 12.5 Å². The highest BCUT2D eigenvalue weighted by Gasteiger charge is 2.61. The van der Waals surface area contributed by atoms with E-state index in [0.29, 0.717) is 29.7 Å². The highest BCUT2D eigenvalue weighted by atomic mass is 16.3. The van der Waals surface area contributed by atoms with Gasteiger partial charge >= 0.3 is 0 Å². The third-order valence-electron chi connectivity index (χ3n) is 8.21. The molecule has 1 amide bonds. The lowest BCUT2D eigenvalue weighted by Gasteiger charge is -2.61. The molecule has 1 saturated heterocycles. The van der Waals surface area contributed by atoms with E-state index in [9.17, 15) is 9.90 Å². The number of aliphatic hydroxyl groups excluding tert-OH is 1. The van der Waals surface area contributed by atoms with Crippen molar-refractivity contribution in [2.45, 2.75) is 77.9 Å². The minimum atomic E-state index is -0.0856. The molecule has 1 aliphatic heterocycles. The fourth-order valence-corrected chi connectivity index (χ4v) is 7.07. The van der Waals surface area contributed by atoms with Crippen LogP contribution in [0.5, 0.6) is 0 Å². The Kier molecular flexibility index (Phi) is 3.21. The normalized spacial score (nSPS) is 57.5. The summed E-state index contributed by atoms with van der Waals surface area (Å²) in [6.07, 6.45) is 7.37. The number of fused-ring (bicyclic) bond motifs is 5. The molecule has 3 nitrogen and oxygen atoms in total. The largest absolute Gasteiger partial charge is 0.393 e. The van der Waals surface area contributed by atoms with Crippen molar-refractivity contribution in [3.8, 4) is 0 Å². The molecule has 4 unspecified atom stereocenters. The summed E-state index contributed by atoms with van der Waals surface area (Å²) in [6.45, 7) is 7.26. The Bertz CT molecular complexity index is 492. The van der Waals surface area contributed by atoms with Gasteiger partial charge in [0.1, 0.15) is 0 Å². The molecule has 0 aromatic rings. The predicted octanol–water partition coefficient (Wildman–Crippen LogP) is 3.11. The lowest BCUT2D eigenvalue weighted by atomic mass is 9.45. The number of hydrogen-bond donors (Lipinski definition) is 2. The van der Waals surface area contributed by atoms with E-state index < -0.39 is 0 Å². The van der Waals surface area contributed by atoms with E-state index in [1.807, 2.05) is 0 Å². The standard InChI is InChI=1S/C19H31NO2/c1-11-8-15-19(3,7-5-16(22)20-15)13-4-6-18(2)10-12(21)9-14(18)17(11)13/h11-15,17,21H,4-10H2,1-3H3,(H,20,22)/t11?,12-,13?,14?,15+,17?,18+,19+/m0/s1. The number of hydrogen-bond acceptors (Lipinski definition) is 2. The molecule has 124 valence electrons. The van der Waals surface area contributed by atoms with Crippen molar-refractivity contribution >= 4 is 5.91 Å². The second kappa shape index (κ2) is 4.72. The number of nitrogens with one attached hydrogen (secondary N) is 1. The molecule has 4 aliphatic rings. The molecule has 22 heavy (non-hydrogen) atoms. The fraction of sp³-hybridized carbons (Fsp3) is 0.947. The number of rotatable bonds is 0. The monoisotopic (exact) mass is 305 g/mol. The maximum atomic E-state index is 11.9. The summed E-state index contributed by atoms with van der Waals surface area (Å²) in [5.74, 6) is 3.07. The number of carbonyl (C=O) groups excluding carboxylic acids is 1. The van der Waals surface area contributed by atoms with Gasteiger partial charge in [-0.2, -0.15) is 0 Å². The van der Waals surface area contributed by atoms with Gasteiger partial charge in [0.05, 0.1) is 6.10 Å². The molecule has 3 saturated carbocycles. The Morgan fingerprint density at radius 1 is 1.18 bits per heavy atom. The maximum Gasteiger partial charge on any atom is 0.220 e. The van der Waals surface area contributed by atoms with Gasteiger partial charge in [-0.25, -0.2) is 0 Å². The summed E-state index contributed by atoms with van der Waals surface area (Å²) in [7, 11) is 0. The van der Waals surface area contributed by atoms with Gasteiger partial charge in [-0.3, -0.25) is 4.79 Å². The van der Waals surface area contributed by atoms with Crippen LogP contribution in [0.15, 0.2) is 0 Å². The van der Waals surface area contributed by atoms with Crippen LogP contribution in [0.3, 0.4) is 0 Å². The molecular formula is C19H31NO2. The van der Waals surface area contributed by atoms with Gasteiger partial charge < -0.3 is 10.4 Å². The van der Waals surface area contributed by atoms with Crippen LogP contribution in [0.25, 0.3) is 0 Å². The van der Waals surface area contributed by atoms with Gasteiger partial charge in [0.15, 0.2) is 0 Å². The Balaban J connectivity index is 1.68. The summed E-state index contributed by atoms with van der Waals surface area (Å²) < 4.78 is 0. The van der Waals surface area contributed by atoms with Crippen LogP contribution >= 0.6 is 0 Å². The summed E-state index contributed by atoms with van der Waals surface area (Å²) in [5.41, 5.74) is 0.635. The molecule has 1 heterocycles. The van der Waals surface area contributed by atoms with Crippen molar-refractivity contribution in [1.82, 2.24) is 5.32 Å². The lowest BCUT2D eigenvalue weighted by Crippen LogP contribution is -2.62. The average molecular weight is 305 g/mol. The summed E-state index contributed by atoms with van der Waals surface area (Å²) >= 11 is 0. The van der Waals surface area contributed by atoms with Crippen LogP contribution < -0.4 is 5.32 Å². The van der Waals surface area contributed by atoms with E-state index in [1.54, 1.807) is 0 Å². The van der Waals surface area contributed by atoms with Crippen LogP contribution in [-0.2, 0) is 4.79 Å². The lowest BCUT2D eigenvalue weighted by molar-refractivity contribution is -0.141. The van der Waals surface area contributed by atoms with Crippen molar-refractivity contribution < 1.29 is 9.90 Å². The first-order valence-corrected chi connectivity index (χ1v) is 9.31. The molecule has 0 aromatic carbocycles. The molecule has 3 aliphatic carbocycles. The quantitative estimate of drug-likeness (QED) is 0.722. The maximum absolute atomic E-state index is 11.9. The predicted molar refractivity (Wildman–Crippen MR) is 86.1 cm³/mol.